The van der Waals surface area contributed by atoms with Gasteiger partial charge in [-0.3, -0.25) is 9.69 Å². The van der Waals surface area contributed by atoms with Crippen molar-refractivity contribution in [1.82, 2.24) is 25.2 Å². The first-order valence-electron chi connectivity index (χ1n) is 10.4. The second-order valence-electron chi connectivity index (χ2n) is 7.17. The Labute approximate surface area is 175 Å². The molecule has 1 fully saturated rings. The van der Waals surface area contributed by atoms with Crippen molar-refractivity contribution >= 4 is 17.1 Å². The van der Waals surface area contributed by atoms with Crippen molar-refractivity contribution < 1.29 is 14.3 Å². The third-order valence-electron chi connectivity index (χ3n) is 5.10. The maximum atomic E-state index is 12.6. The number of morpholine rings is 1. The first-order valence-corrected chi connectivity index (χ1v) is 10.4. The van der Waals surface area contributed by atoms with E-state index in [-0.39, 0.29) is 5.91 Å². The van der Waals surface area contributed by atoms with Crippen LogP contribution in [0.1, 0.15) is 23.7 Å². The quantitative estimate of drug-likeness (QED) is 0.556. The van der Waals surface area contributed by atoms with Crippen LogP contribution in [0, 0.1) is 0 Å². The summed E-state index contributed by atoms with van der Waals surface area (Å²) in [5, 5.41) is 3.00. The molecule has 3 heterocycles. The van der Waals surface area contributed by atoms with Crippen molar-refractivity contribution in [2.24, 2.45) is 0 Å². The number of aromatic nitrogens is 3. The van der Waals surface area contributed by atoms with Crippen LogP contribution in [0.2, 0.25) is 0 Å². The number of H-pyrrole nitrogens is 1. The summed E-state index contributed by atoms with van der Waals surface area (Å²) in [5.74, 6) is 1.19. The molecule has 4 rings (SSSR count). The normalized spacial score (nSPS) is 14.7. The fourth-order valence-corrected chi connectivity index (χ4v) is 3.54. The fraction of sp³-hybridized carbons (Fsp3) is 0.409. The number of fused-ring (bicyclic) bond motifs is 1. The van der Waals surface area contributed by atoms with E-state index in [9.17, 15) is 4.79 Å². The molecule has 0 radical (unpaired) electrons. The first kappa shape index (κ1) is 20.3. The molecule has 1 amide bonds. The average molecular weight is 409 g/mol. The van der Waals surface area contributed by atoms with Crippen LogP contribution in [-0.2, 0) is 4.74 Å². The van der Waals surface area contributed by atoms with E-state index < -0.39 is 0 Å². The van der Waals surface area contributed by atoms with Gasteiger partial charge in [0, 0.05) is 31.4 Å². The molecule has 1 saturated heterocycles. The minimum absolute atomic E-state index is 0.101. The number of ether oxygens (including phenoxy) is 2. The van der Waals surface area contributed by atoms with Crippen molar-refractivity contribution in [2.75, 3.05) is 46.0 Å². The van der Waals surface area contributed by atoms with Crippen LogP contribution in [-0.4, -0.2) is 71.8 Å². The van der Waals surface area contributed by atoms with Crippen LogP contribution in [0.4, 0.5) is 0 Å². The zero-order chi connectivity index (χ0) is 20.8. The van der Waals surface area contributed by atoms with Crippen molar-refractivity contribution in [2.45, 2.75) is 13.3 Å². The molecule has 8 nitrogen and oxygen atoms in total. The molecule has 3 aromatic rings. The predicted molar refractivity (Wildman–Crippen MR) is 115 cm³/mol. The maximum absolute atomic E-state index is 12.6. The molecule has 158 valence electrons. The standard InChI is InChI=1S/C22H27N5O3/c1-2-30-19-15-16(22(28)24-9-4-10-27-11-13-29-14-12-27)6-7-17(19)20-25-18-5-3-8-23-21(18)26-20/h3,5-8,15H,2,4,9-14H2,1H3,(H,24,28)(H,23,25,26). The number of carbonyl (C=O) groups excluding carboxylic acids is 1. The van der Waals surface area contributed by atoms with Crippen LogP contribution in [0.25, 0.3) is 22.6 Å². The number of hydrogen-bond acceptors (Lipinski definition) is 6. The smallest absolute Gasteiger partial charge is 0.251 e. The number of benzene rings is 1. The van der Waals surface area contributed by atoms with E-state index in [1.807, 2.05) is 25.1 Å². The molecule has 0 spiro atoms. The third-order valence-corrected chi connectivity index (χ3v) is 5.10. The highest BCUT2D eigenvalue weighted by Crippen LogP contribution is 2.30. The molecule has 0 aliphatic carbocycles. The number of pyridine rings is 1. The highest BCUT2D eigenvalue weighted by molar-refractivity contribution is 5.95. The van der Waals surface area contributed by atoms with Gasteiger partial charge in [0.1, 0.15) is 11.6 Å². The van der Waals surface area contributed by atoms with Crippen LogP contribution >= 0.6 is 0 Å². The second kappa shape index (κ2) is 9.69. The highest BCUT2D eigenvalue weighted by atomic mass is 16.5. The number of rotatable bonds is 8. The molecule has 0 unspecified atom stereocenters. The summed E-state index contributed by atoms with van der Waals surface area (Å²) in [6.45, 7) is 7.53. The molecule has 8 heteroatoms. The Morgan fingerprint density at radius 2 is 2.17 bits per heavy atom. The maximum Gasteiger partial charge on any atom is 0.251 e. The monoisotopic (exact) mass is 409 g/mol. The number of amides is 1. The number of nitrogens with zero attached hydrogens (tertiary/aromatic N) is 3. The van der Waals surface area contributed by atoms with Crippen molar-refractivity contribution in [3.05, 3.63) is 42.1 Å². The molecule has 0 atom stereocenters. The van der Waals surface area contributed by atoms with Crippen molar-refractivity contribution in [3.8, 4) is 17.1 Å². The van der Waals surface area contributed by atoms with Crippen LogP contribution in [0.3, 0.4) is 0 Å². The summed E-state index contributed by atoms with van der Waals surface area (Å²) in [4.78, 5) is 27.0. The largest absolute Gasteiger partial charge is 0.493 e. The summed E-state index contributed by atoms with van der Waals surface area (Å²) in [6.07, 6.45) is 2.62. The zero-order valence-electron chi connectivity index (χ0n) is 17.2. The Hall–Kier alpha value is -2.97. The summed E-state index contributed by atoms with van der Waals surface area (Å²) in [6, 6.07) is 9.23. The Morgan fingerprint density at radius 3 is 2.97 bits per heavy atom. The van der Waals surface area contributed by atoms with Gasteiger partial charge in [-0.15, -0.1) is 0 Å². The van der Waals surface area contributed by atoms with Crippen LogP contribution < -0.4 is 10.1 Å². The molecule has 30 heavy (non-hydrogen) atoms. The van der Waals surface area contributed by atoms with Crippen LogP contribution in [0.15, 0.2) is 36.5 Å². The van der Waals surface area contributed by atoms with E-state index in [2.05, 4.69) is 25.2 Å². The van der Waals surface area contributed by atoms with E-state index in [4.69, 9.17) is 9.47 Å². The molecule has 0 saturated carbocycles. The number of aromatic amines is 1. The number of imidazole rings is 1. The molecule has 2 aromatic heterocycles. The minimum atomic E-state index is -0.101. The summed E-state index contributed by atoms with van der Waals surface area (Å²) < 4.78 is 11.2. The average Bonchev–Trinajstić information content (AvgIpc) is 3.21. The Bertz CT molecular complexity index is 964. The van der Waals surface area contributed by atoms with Gasteiger partial charge in [-0.05, 0) is 50.2 Å². The zero-order valence-corrected chi connectivity index (χ0v) is 17.2. The topological polar surface area (TPSA) is 92.4 Å². The summed E-state index contributed by atoms with van der Waals surface area (Å²) in [7, 11) is 0. The molecule has 0 bridgehead atoms. The minimum Gasteiger partial charge on any atom is -0.493 e. The van der Waals surface area contributed by atoms with Gasteiger partial charge >= 0.3 is 0 Å². The fourth-order valence-electron chi connectivity index (χ4n) is 3.54. The SMILES string of the molecule is CCOc1cc(C(=O)NCCCN2CCOCC2)ccc1-c1nc2ncccc2[nH]1. The molecule has 1 aromatic carbocycles. The van der Waals surface area contributed by atoms with E-state index in [0.717, 1.165) is 50.3 Å². The van der Waals surface area contributed by atoms with Gasteiger partial charge in [-0.2, -0.15) is 0 Å². The Kier molecular flexibility index (Phi) is 6.56. The summed E-state index contributed by atoms with van der Waals surface area (Å²) >= 11 is 0. The van der Waals surface area contributed by atoms with E-state index in [1.54, 1.807) is 18.3 Å². The van der Waals surface area contributed by atoms with Gasteiger partial charge in [0.25, 0.3) is 5.91 Å². The lowest BCUT2D eigenvalue weighted by Crippen LogP contribution is -2.38. The van der Waals surface area contributed by atoms with Gasteiger partial charge in [0.15, 0.2) is 5.65 Å². The molecular formula is C22H27N5O3. The third kappa shape index (κ3) is 4.77. The Balaban J connectivity index is 1.42. The Morgan fingerprint density at radius 1 is 1.30 bits per heavy atom. The number of hydrogen-bond donors (Lipinski definition) is 2. The van der Waals surface area contributed by atoms with Crippen LogP contribution in [0.5, 0.6) is 5.75 Å². The van der Waals surface area contributed by atoms with Gasteiger partial charge in [-0.1, -0.05) is 0 Å². The second-order valence-corrected chi connectivity index (χ2v) is 7.17. The lowest BCUT2D eigenvalue weighted by atomic mass is 10.1. The predicted octanol–water partition coefficient (Wildman–Crippen LogP) is 2.48. The van der Waals surface area contributed by atoms with Gasteiger partial charge in [0.05, 0.1) is 30.9 Å². The molecule has 1 aliphatic heterocycles. The molecule has 1 aliphatic rings. The van der Waals surface area contributed by atoms with E-state index in [0.29, 0.717) is 35.9 Å². The molecular weight excluding hydrogens is 382 g/mol. The van der Waals surface area contributed by atoms with Gasteiger partial charge in [0.2, 0.25) is 0 Å². The van der Waals surface area contributed by atoms with Gasteiger partial charge < -0.3 is 19.8 Å². The van der Waals surface area contributed by atoms with Crippen molar-refractivity contribution in [3.63, 3.8) is 0 Å². The number of carbonyl (C=O) groups is 1. The lowest BCUT2D eigenvalue weighted by molar-refractivity contribution is 0.0374. The van der Waals surface area contributed by atoms with E-state index >= 15 is 0 Å². The molecule has 2 N–H and O–H groups in total. The number of nitrogens with one attached hydrogen (secondary N) is 2. The lowest BCUT2D eigenvalue weighted by Gasteiger charge is -2.26. The summed E-state index contributed by atoms with van der Waals surface area (Å²) in [5.41, 5.74) is 2.88. The van der Waals surface area contributed by atoms with E-state index in [1.165, 1.54) is 0 Å². The van der Waals surface area contributed by atoms with Gasteiger partial charge in [-0.25, -0.2) is 9.97 Å². The first-order chi connectivity index (χ1) is 14.7. The van der Waals surface area contributed by atoms with Crippen molar-refractivity contribution in [1.29, 1.82) is 0 Å². The highest BCUT2D eigenvalue weighted by Gasteiger charge is 2.15.